The van der Waals surface area contributed by atoms with Gasteiger partial charge in [0, 0.05) is 29.7 Å². The van der Waals surface area contributed by atoms with Crippen LogP contribution in [0.3, 0.4) is 0 Å². The summed E-state index contributed by atoms with van der Waals surface area (Å²) in [4.78, 5) is 6.75. The van der Waals surface area contributed by atoms with E-state index in [0.717, 1.165) is 35.5 Å². The van der Waals surface area contributed by atoms with Crippen LogP contribution < -0.4 is 5.32 Å². The average Bonchev–Trinajstić information content (AvgIpc) is 2.89. The number of hydrogen-bond acceptors (Lipinski definition) is 5. The first-order valence-electron chi connectivity index (χ1n) is 6.24. The van der Waals surface area contributed by atoms with Crippen molar-refractivity contribution in [3.05, 3.63) is 34.6 Å². The summed E-state index contributed by atoms with van der Waals surface area (Å²) in [6, 6.07) is 8.04. The van der Waals surface area contributed by atoms with Crippen molar-refractivity contribution in [3.63, 3.8) is 0 Å². The Kier molecular flexibility index (Phi) is 3.63. The third-order valence-corrected chi connectivity index (χ3v) is 3.87. The van der Waals surface area contributed by atoms with Crippen LogP contribution in [-0.4, -0.2) is 41.7 Å². The molecule has 0 aliphatic carbocycles. The Bertz CT molecular complexity index is 554. The molecule has 19 heavy (non-hydrogen) atoms. The zero-order chi connectivity index (χ0) is 13.2. The molecule has 2 heterocycles. The summed E-state index contributed by atoms with van der Waals surface area (Å²) in [5.74, 6) is 1.31. The Morgan fingerprint density at radius 3 is 2.89 bits per heavy atom. The second-order valence-electron chi connectivity index (χ2n) is 4.67. The quantitative estimate of drug-likeness (QED) is 0.917. The molecule has 0 amide bonds. The maximum atomic E-state index is 5.36. The van der Waals surface area contributed by atoms with E-state index >= 15 is 0 Å². The number of aromatic nitrogens is 2. The van der Waals surface area contributed by atoms with Gasteiger partial charge in [-0.3, -0.25) is 4.90 Å². The smallest absolute Gasteiger partial charge is 0.257 e. The molecule has 0 saturated carbocycles. The van der Waals surface area contributed by atoms with Gasteiger partial charge < -0.3 is 9.84 Å². The van der Waals surface area contributed by atoms with E-state index in [-0.39, 0.29) is 6.04 Å². The molecule has 0 radical (unpaired) electrons. The lowest BCUT2D eigenvalue weighted by Gasteiger charge is -2.30. The predicted molar refractivity (Wildman–Crippen MR) is 75.7 cm³/mol. The summed E-state index contributed by atoms with van der Waals surface area (Å²) in [7, 11) is 2.08. The molecule has 1 aliphatic heterocycles. The maximum absolute atomic E-state index is 5.36. The van der Waals surface area contributed by atoms with Crippen LogP contribution in [0.15, 0.2) is 33.3 Å². The number of likely N-dealkylation sites (N-methyl/N-ethyl adjacent to an activating group) is 1. The van der Waals surface area contributed by atoms with E-state index in [2.05, 4.69) is 43.3 Å². The van der Waals surface area contributed by atoms with Gasteiger partial charge >= 0.3 is 0 Å². The maximum Gasteiger partial charge on any atom is 0.257 e. The van der Waals surface area contributed by atoms with Crippen molar-refractivity contribution in [2.24, 2.45) is 0 Å². The fourth-order valence-corrected chi connectivity index (χ4v) is 2.44. The van der Waals surface area contributed by atoms with Crippen LogP contribution in [-0.2, 0) is 0 Å². The lowest BCUT2D eigenvalue weighted by atomic mass is 10.2. The van der Waals surface area contributed by atoms with Crippen molar-refractivity contribution in [1.29, 1.82) is 0 Å². The normalized spacial score (nSPS) is 20.6. The van der Waals surface area contributed by atoms with Crippen molar-refractivity contribution >= 4 is 15.9 Å². The summed E-state index contributed by atoms with van der Waals surface area (Å²) in [5, 5.41) is 7.46. The predicted octanol–water partition coefficient (Wildman–Crippen LogP) is 2.08. The Hall–Kier alpha value is -1.24. The van der Waals surface area contributed by atoms with Gasteiger partial charge in [-0.25, -0.2) is 0 Å². The molecule has 1 aromatic carbocycles. The number of rotatable bonds is 2. The van der Waals surface area contributed by atoms with Gasteiger partial charge in [0.1, 0.15) is 0 Å². The SMILES string of the molecule is CN1CCNCC1c1noc(-c2ccc(Br)cc2)n1. The van der Waals surface area contributed by atoms with Crippen molar-refractivity contribution in [1.82, 2.24) is 20.4 Å². The second kappa shape index (κ2) is 5.40. The molecule has 1 unspecified atom stereocenters. The highest BCUT2D eigenvalue weighted by Crippen LogP contribution is 2.23. The van der Waals surface area contributed by atoms with Crippen LogP contribution in [0.1, 0.15) is 11.9 Å². The Morgan fingerprint density at radius 2 is 2.16 bits per heavy atom. The van der Waals surface area contributed by atoms with E-state index in [9.17, 15) is 0 Å². The largest absolute Gasteiger partial charge is 0.334 e. The first-order chi connectivity index (χ1) is 9.24. The minimum absolute atomic E-state index is 0.182. The third-order valence-electron chi connectivity index (χ3n) is 3.34. The van der Waals surface area contributed by atoms with E-state index < -0.39 is 0 Å². The fraction of sp³-hybridized carbons (Fsp3) is 0.385. The van der Waals surface area contributed by atoms with Crippen molar-refractivity contribution in [2.75, 3.05) is 26.7 Å². The van der Waals surface area contributed by atoms with Crippen molar-refractivity contribution in [3.8, 4) is 11.5 Å². The van der Waals surface area contributed by atoms with Crippen molar-refractivity contribution < 1.29 is 4.52 Å². The van der Waals surface area contributed by atoms with Gasteiger partial charge in [-0.1, -0.05) is 21.1 Å². The van der Waals surface area contributed by atoms with Crippen molar-refractivity contribution in [2.45, 2.75) is 6.04 Å². The van der Waals surface area contributed by atoms with Crippen LogP contribution in [0.5, 0.6) is 0 Å². The summed E-state index contributed by atoms with van der Waals surface area (Å²) in [6.07, 6.45) is 0. The molecule has 0 spiro atoms. The van der Waals surface area contributed by atoms with Gasteiger partial charge in [0.05, 0.1) is 6.04 Å². The molecule has 1 aromatic heterocycles. The van der Waals surface area contributed by atoms with E-state index in [0.29, 0.717) is 5.89 Å². The molecular weight excluding hydrogens is 308 g/mol. The molecule has 1 fully saturated rings. The van der Waals surface area contributed by atoms with E-state index in [4.69, 9.17) is 4.52 Å². The molecule has 1 saturated heterocycles. The molecular formula is C13H15BrN4O. The number of piperazine rings is 1. The van der Waals surface area contributed by atoms with Crippen LogP contribution in [0.4, 0.5) is 0 Å². The van der Waals surface area contributed by atoms with E-state index in [1.54, 1.807) is 0 Å². The average molecular weight is 323 g/mol. The Morgan fingerprint density at radius 1 is 1.37 bits per heavy atom. The molecule has 3 rings (SSSR count). The van der Waals surface area contributed by atoms with Gasteiger partial charge in [0.25, 0.3) is 5.89 Å². The summed E-state index contributed by atoms with van der Waals surface area (Å²) in [6.45, 7) is 2.85. The standard InChI is InChI=1S/C13H15BrN4O/c1-18-7-6-15-8-11(18)12-16-13(19-17-12)9-2-4-10(14)5-3-9/h2-5,11,15H,6-8H2,1H3. The number of halogens is 1. The lowest BCUT2D eigenvalue weighted by Crippen LogP contribution is -2.44. The molecule has 0 bridgehead atoms. The minimum atomic E-state index is 0.182. The number of nitrogens with zero attached hydrogens (tertiary/aromatic N) is 3. The Balaban J connectivity index is 1.84. The Labute approximate surface area is 120 Å². The summed E-state index contributed by atoms with van der Waals surface area (Å²) < 4.78 is 6.40. The fourth-order valence-electron chi connectivity index (χ4n) is 2.17. The van der Waals surface area contributed by atoms with E-state index in [1.165, 1.54) is 0 Å². The molecule has 100 valence electrons. The van der Waals surface area contributed by atoms with Crippen LogP contribution in [0.2, 0.25) is 0 Å². The minimum Gasteiger partial charge on any atom is -0.334 e. The van der Waals surface area contributed by atoms with Gasteiger partial charge in [-0.2, -0.15) is 4.98 Å². The highest BCUT2D eigenvalue weighted by molar-refractivity contribution is 9.10. The van der Waals surface area contributed by atoms with Gasteiger partial charge in [0.15, 0.2) is 5.82 Å². The van der Waals surface area contributed by atoms with Crippen LogP contribution in [0.25, 0.3) is 11.5 Å². The first kappa shape index (κ1) is 12.8. The molecule has 1 N–H and O–H groups in total. The highest BCUT2D eigenvalue weighted by atomic mass is 79.9. The summed E-state index contributed by atoms with van der Waals surface area (Å²) >= 11 is 3.41. The van der Waals surface area contributed by atoms with Gasteiger partial charge in [-0.05, 0) is 31.3 Å². The lowest BCUT2D eigenvalue weighted by molar-refractivity contribution is 0.190. The second-order valence-corrected chi connectivity index (χ2v) is 5.58. The monoisotopic (exact) mass is 322 g/mol. The zero-order valence-electron chi connectivity index (χ0n) is 10.6. The topological polar surface area (TPSA) is 54.2 Å². The third kappa shape index (κ3) is 2.70. The van der Waals surface area contributed by atoms with E-state index in [1.807, 2.05) is 24.3 Å². The molecule has 1 aliphatic rings. The molecule has 2 aromatic rings. The number of hydrogen-bond donors (Lipinski definition) is 1. The molecule has 5 nitrogen and oxygen atoms in total. The highest BCUT2D eigenvalue weighted by Gasteiger charge is 2.25. The van der Waals surface area contributed by atoms with Gasteiger partial charge in [-0.15, -0.1) is 0 Å². The van der Waals surface area contributed by atoms with Gasteiger partial charge in [0.2, 0.25) is 0 Å². The zero-order valence-corrected chi connectivity index (χ0v) is 12.2. The number of benzene rings is 1. The number of nitrogens with one attached hydrogen (secondary N) is 1. The summed E-state index contributed by atoms with van der Waals surface area (Å²) in [5.41, 5.74) is 0.938. The van der Waals surface area contributed by atoms with Crippen LogP contribution >= 0.6 is 15.9 Å². The van der Waals surface area contributed by atoms with Crippen LogP contribution in [0, 0.1) is 0 Å². The molecule has 6 heteroatoms. The first-order valence-corrected chi connectivity index (χ1v) is 7.04. The molecule has 1 atom stereocenters.